The third-order valence-electron chi connectivity index (χ3n) is 4.07. The number of H-pyrrole nitrogens is 1. The molecule has 0 aliphatic rings. The average molecular weight is 493 g/mol. The lowest BCUT2D eigenvalue weighted by molar-refractivity contribution is 0.0690. The Hall–Kier alpha value is -2.09. The van der Waals surface area contributed by atoms with Crippen LogP contribution in [0.25, 0.3) is 11.1 Å². The number of aliphatic hydroxyl groups excluding tert-OH is 3. The molecule has 160 valence electrons. The number of hydrogen-bond acceptors (Lipinski definition) is 8. The van der Waals surface area contributed by atoms with Crippen molar-refractivity contribution in [3.63, 3.8) is 0 Å². The van der Waals surface area contributed by atoms with Gasteiger partial charge in [0.15, 0.2) is 0 Å². The number of benzene rings is 1. The number of rotatable bonds is 8. The number of halogens is 1. The van der Waals surface area contributed by atoms with Crippen LogP contribution in [0.15, 0.2) is 16.6 Å². The van der Waals surface area contributed by atoms with Crippen molar-refractivity contribution in [3.05, 3.63) is 44.7 Å². The number of aromatic carboxylic acids is 1. The van der Waals surface area contributed by atoms with E-state index < -0.39 is 16.6 Å². The third kappa shape index (κ3) is 6.19. The molecular weight excluding hydrogens is 472 g/mol. The molecule has 0 bridgehead atoms. The van der Waals surface area contributed by atoms with Gasteiger partial charge in [0, 0.05) is 17.8 Å². The number of hydrogen-bond donors (Lipinski definition) is 6. The van der Waals surface area contributed by atoms with Crippen molar-refractivity contribution in [2.24, 2.45) is 0 Å². The van der Waals surface area contributed by atoms with Crippen LogP contribution in [0.5, 0.6) is 0 Å². The monoisotopic (exact) mass is 492 g/mol. The van der Waals surface area contributed by atoms with Gasteiger partial charge in [-0.2, -0.15) is 0 Å². The molecule has 12 heteroatoms. The highest BCUT2D eigenvalue weighted by Gasteiger charge is 2.24. The zero-order chi connectivity index (χ0) is 22.1. The number of carboxylic acids is 1. The van der Waals surface area contributed by atoms with Crippen molar-refractivity contribution in [2.45, 2.75) is 33.3 Å². The Balaban J connectivity index is 0.000000960. The molecule has 1 aromatic heterocycles. The molecule has 0 fully saturated rings. The summed E-state index contributed by atoms with van der Waals surface area (Å²) in [5, 5.41) is 41.5. The van der Waals surface area contributed by atoms with Gasteiger partial charge in [0.05, 0.1) is 24.3 Å². The minimum atomic E-state index is -3.11. The fraction of sp³-hybridized carbons (Fsp3) is 0.353. The van der Waals surface area contributed by atoms with Gasteiger partial charge in [-0.25, -0.2) is 4.79 Å². The lowest BCUT2D eigenvalue weighted by Crippen LogP contribution is -2.13. The van der Waals surface area contributed by atoms with E-state index >= 15 is 0 Å². The first-order valence-corrected chi connectivity index (χ1v) is 10.1. The Labute approximate surface area is 176 Å². The summed E-state index contributed by atoms with van der Waals surface area (Å²) in [4.78, 5) is 14.4. The van der Waals surface area contributed by atoms with E-state index in [4.69, 9.17) is 12.6 Å². The van der Waals surface area contributed by atoms with E-state index in [2.05, 4.69) is 26.2 Å². The van der Waals surface area contributed by atoms with Gasteiger partial charge in [-0.3, -0.25) is 0 Å². The summed E-state index contributed by atoms with van der Waals surface area (Å²) in [6.07, 6.45) is 0. The summed E-state index contributed by atoms with van der Waals surface area (Å²) >= 11 is 3.34. The van der Waals surface area contributed by atoms with Crippen molar-refractivity contribution in [2.75, 3.05) is 6.54 Å². The number of carboxylic acid groups (broad SMARTS) is 1. The smallest absolute Gasteiger partial charge is 0.425 e. The molecule has 1 heterocycles. The fourth-order valence-corrected chi connectivity index (χ4v) is 3.56. The van der Waals surface area contributed by atoms with Gasteiger partial charge in [-0.05, 0) is 44.7 Å². The van der Waals surface area contributed by atoms with Gasteiger partial charge >= 0.3 is 16.6 Å². The van der Waals surface area contributed by atoms with Crippen molar-refractivity contribution < 1.29 is 37.8 Å². The first-order valence-electron chi connectivity index (χ1n) is 8.30. The molecule has 0 aliphatic carbocycles. The van der Waals surface area contributed by atoms with Gasteiger partial charge in [0.1, 0.15) is 5.69 Å². The van der Waals surface area contributed by atoms with Gasteiger partial charge in [0.25, 0.3) is 0 Å². The van der Waals surface area contributed by atoms with Gasteiger partial charge in [0.2, 0.25) is 0 Å². The maximum Gasteiger partial charge on any atom is 0.425 e. The van der Waals surface area contributed by atoms with Crippen LogP contribution in [0, 0.1) is 0 Å². The van der Waals surface area contributed by atoms with E-state index in [1.165, 1.54) is 0 Å². The minimum Gasteiger partial charge on any atom is -0.477 e. The second-order valence-electron chi connectivity index (χ2n) is 5.66. The van der Waals surface area contributed by atoms with Crippen LogP contribution in [0.4, 0.5) is 0 Å². The number of aromatic amines is 1. The second-order valence-corrected chi connectivity index (χ2v) is 6.86. The summed E-state index contributed by atoms with van der Waals surface area (Å²) in [7, 11) is -3.11. The summed E-state index contributed by atoms with van der Waals surface area (Å²) in [6, 6.07) is 3.38. The number of aliphatic hydroxyl groups is 3. The van der Waals surface area contributed by atoms with Crippen LogP contribution < -0.4 is 5.32 Å². The molecule has 0 atom stereocenters. The van der Waals surface area contributed by atoms with E-state index in [0.29, 0.717) is 51.1 Å². The zero-order valence-electron chi connectivity index (χ0n) is 15.4. The Morgan fingerprint density at radius 1 is 1.10 bits per heavy atom. The maximum absolute atomic E-state index is 11.5. The van der Waals surface area contributed by atoms with Crippen LogP contribution in [-0.4, -0.2) is 50.6 Å². The molecule has 0 amide bonds. The zero-order valence-corrected chi connectivity index (χ0v) is 17.8. The summed E-state index contributed by atoms with van der Waals surface area (Å²) in [6.45, 7) is 2.11. The van der Waals surface area contributed by atoms with Gasteiger partial charge in [-0.1, -0.05) is 19.1 Å². The van der Waals surface area contributed by atoms with Crippen LogP contribution in [-0.2, 0) is 37.0 Å². The molecule has 2 rings (SSSR count). The van der Waals surface area contributed by atoms with Crippen molar-refractivity contribution in [3.8, 4) is 11.1 Å². The Morgan fingerprint density at radius 2 is 1.69 bits per heavy atom. The van der Waals surface area contributed by atoms with E-state index in [-0.39, 0.29) is 25.5 Å². The standard InChI is InChI=1S/C17H21BrN2O5.O3S/c1-2-19-5-13-14(15(18)16(20-13)17(24)25)10-4-3-9(6-21)11(7-22)12(10)8-23;1-4(2)3/h3-4,19-23H,2,5-8H2,1H3,(H,24,25);. The molecule has 0 radical (unpaired) electrons. The van der Waals surface area contributed by atoms with E-state index in [1.54, 1.807) is 12.1 Å². The van der Waals surface area contributed by atoms with Gasteiger partial charge < -0.3 is 30.7 Å². The molecule has 0 spiro atoms. The highest BCUT2D eigenvalue weighted by Crippen LogP contribution is 2.38. The molecule has 1 aromatic carbocycles. The molecular formula is C17H21BrN2O8S. The normalized spacial score (nSPS) is 10.4. The average Bonchev–Trinajstić information content (AvgIpc) is 3.00. The van der Waals surface area contributed by atoms with Crippen LogP contribution >= 0.6 is 15.9 Å². The topological polar surface area (TPSA) is 177 Å². The van der Waals surface area contributed by atoms with E-state index in [0.717, 1.165) is 0 Å². The maximum atomic E-state index is 11.5. The van der Waals surface area contributed by atoms with Gasteiger partial charge in [-0.15, -0.1) is 12.6 Å². The van der Waals surface area contributed by atoms with Crippen molar-refractivity contribution in [1.29, 1.82) is 0 Å². The number of carbonyl (C=O) groups is 1. The van der Waals surface area contributed by atoms with Crippen LogP contribution in [0.2, 0.25) is 0 Å². The van der Waals surface area contributed by atoms with E-state index in [1.807, 2.05) is 6.92 Å². The molecule has 2 aromatic rings. The quantitative estimate of drug-likeness (QED) is 0.309. The largest absolute Gasteiger partial charge is 0.477 e. The predicted octanol–water partition coefficient (Wildman–Crippen LogP) is 0.725. The van der Waals surface area contributed by atoms with Crippen molar-refractivity contribution in [1.82, 2.24) is 10.3 Å². The molecule has 0 saturated heterocycles. The van der Waals surface area contributed by atoms with Crippen molar-refractivity contribution >= 4 is 32.5 Å². The molecule has 0 aliphatic heterocycles. The molecule has 29 heavy (non-hydrogen) atoms. The molecule has 10 nitrogen and oxygen atoms in total. The molecule has 0 saturated carbocycles. The third-order valence-corrected chi connectivity index (χ3v) is 4.86. The SMILES string of the molecule is CCNCc1[nH]c(C(=O)O)c(Br)c1-c1ccc(CO)c(CO)c1CO.O=S(=O)=O. The number of aromatic nitrogens is 1. The number of nitrogens with one attached hydrogen (secondary N) is 2. The molecule has 6 N–H and O–H groups in total. The molecule has 0 unspecified atom stereocenters. The Bertz CT molecular complexity index is 966. The first-order chi connectivity index (χ1) is 13.7. The lowest BCUT2D eigenvalue weighted by atomic mass is 9.92. The summed E-state index contributed by atoms with van der Waals surface area (Å²) < 4.78 is 25.7. The highest BCUT2D eigenvalue weighted by molar-refractivity contribution is 9.10. The van der Waals surface area contributed by atoms with E-state index in [9.17, 15) is 25.2 Å². The Kier molecular flexibility index (Phi) is 10.2. The Morgan fingerprint density at radius 3 is 2.14 bits per heavy atom. The fourth-order valence-electron chi connectivity index (χ4n) is 2.84. The van der Waals surface area contributed by atoms with Crippen LogP contribution in [0.1, 0.15) is 39.8 Å². The van der Waals surface area contributed by atoms with Crippen LogP contribution in [0.3, 0.4) is 0 Å². The summed E-state index contributed by atoms with van der Waals surface area (Å²) in [5.74, 6) is -1.10. The highest BCUT2D eigenvalue weighted by atomic mass is 79.9. The summed E-state index contributed by atoms with van der Waals surface area (Å²) in [5.41, 5.74) is 3.32. The second kappa shape index (κ2) is 11.8. The first kappa shape index (κ1) is 24.9. The predicted molar refractivity (Wildman–Crippen MR) is 106 cm³/mol. The lowest BCUT2D eigenvalue weighted by Gasteiger charge is -2.16. The minimum absolute atomic E-state index is 0.0172.